The van der Waals surface area contributed by atoms with E-state index in [0.717, 1.165) is 13.0 Å². The van der Waals surface area contributed by atoms with E-state index in [1.54, 1.807) is 0 Å². The molecule has 1 N–H and O–H groups in total. The molecule has 2 unspecified atom stereocenters. The summed E-state index contributed by atoms with van der Waals surface area (Å²) in [5, 5.41) is 20.2. The van der Waals surface area contributed by atoms with Crippen LogP contribution in [0.3, 0.4) is 0 Å². The number of Topliss-reactive ketones (excluding diaryl/α,β-unsaturated/α-hetero) is 1. The Kier molecular flexibility index (Phi) is 2.34. The van der Waals surface area contributed by atoms with Gasteiger partial charge in [-0.2, -0.15) is 0 Å². The first-order chi connectivity index (χ1) is 5.98. The summed E-state index contributed by atoms with van der Waals surface area (Å²) in [4.78, 5) is 21.6. The van der Waals surface area contributed by atoms with E-state index in [4.69, 9.17) is 0 Å². The fourth-order valence-electron chi connectivity index (χ4n) is 1.22. The summed E-state index contributed by atoms with van der Waals surface area (Å²) in [5.41, 5.74) is -1.95. The van der Waals surface area contributed by atoms with E-state index in [1.165, 1.54) is 18.2 Å². The van der Waals surface area contributed by atoms with E-state index in [0.29, 0.717) is 0 Å². The van der Waals surface area contributed by atoms with Crippen molar-refractivity contribution in [2.24, 2.45) is 5.92 Å². The van der Waals surface area contributed by atoms with Crippen LogP contribution in [-0.4, -0.2) is 22.5 Å². The van der Waals surface area contributed by atoms with Crippen molar-refractivity contribution in [3.8, 4) is 0 Å². The molecule has 1 aliphatic rings. The molecule has 13 heavy (non-hydrogen) atoms. The highest BCUT2D eigenvalue weighted by atomic mass is 16.4. The van der Waals surface area contributed by atoms with Crippen LogP contribution >= 0.6 is 0 Å². The number of rotatable bonds is 2. The minimum Gasteiger partial charge on any atom is -0.549 e. The van der Waals surface area contributed by atoms with Crippen LogP contribution < -0.4 is 5.11 Å². The van der Waals surface area contributed by atoms with Crippen LogP contribution in [0.5, 0.6) is 0 Å². The van der Waals surface area contributed by atoms with Gasteiger partial charge in [-0.15, -0.1) is 0 Å². The number of carboxylic acid groups (broad SMARTS) is 1. The zero-order chi connectivity index (χ0) is 10.1. The van der Waals surface area contributed by atoms with Gasteiger partial charge < -0.3 is 15.0 Å². The molecule has 0 bridgehead atoms. The minimum atomic E-state index is -1.95. The van der Waals surface area contributed by atoms with Crippen molar-refractivity contribution >= 4 is 11.8 Å². The molecule has 0 aromatic heterocycles. The van der Waals surface area contributed by atoms with Crippen LogP contribution in [0.25, 0.3) is 0 Å². The minimum absolute atomic E-state index is 0.609. The van der Waals surface area contributed by atoms with Crippen molar-refractivity contribution in [2.45, 2.75) is 12.5 Å². The number of allylic oxidation sites excluding steroid dienone is 2. The normalized spacial score (nSPS) is 31.7. The first kappa shape index (κ1) is 9.67. The van der Waals surface area contributed by atoms with Gasteiger partial charge in [-0.3, -0.25) is 4.79 Å². The Morgan fingerprint density at radius 1 is 1.46 bits per heavy atom. The van der Waals surface area contributed by atoms with Crippen LogP contribution in [-0.2, 0) is 9.59 Å². The topological polar surface area (TPSA) is 77.4 Å². The average Bonchev–Trinajstić information content (AvgIpc) is 2.04. The molecule has 1 rings (SSSR count). The molecule has 70 valence electrons. The molecule has 0 amide bonds. The van der Waals surface area contributed by atoms with Crippen LogP contribution in [0.1, 0.15) is 6.92 Å². The Labute approximate surface area is 75.2 Å². The van der Waals surface area contributed by atoms with E-state index in [1.807, 2.05) is 0 Å². The highest BCUT2D eigenvalue weighted by Gasteiger charge is 2.39. The van der Waals surface area contributed by atoms with Crippen LogP contribution in [0.4, 0.5) is 0 Å². The number of carboxylic acids is 1. The average molecular weight is 181 g/mol. The summed E-state index contributed by atoms with van der Waals surface area (Å²) in [6.45, 7) is 1.14. The number of aliphatic carboxylic acids is 1. The summed E-state index contributed by atoms with van der Waals surface area (Å²) in [6.07, 6.45) is 5.28. The molecule has 4 nitrogen and oxygen atoms in total. The third kappa shape index (κ3) is 1.53. The Hall–Kier alpha value is -1.42. The lowest BCUT2D eigenvalue weighted by molar-refractivity contribution is -0.313. The third-order valence-corrected chi connectivity index (χ3v) is 2.06. The zero-order valence-corrected chi connectivity index (χ0v) is 7.06. The first-order valence-corrected chi connectivity index (χ1v) is 3.79. The number of carbonyl (C=O) groups excluding carboxylic acids is 2. The highest BCUT2D eigenvalue weighted by Crippen LogP contribution is 2.24. The van der Waals surface area contributed by atoms with E-state index < -0.39 is 23.3 Å². The second kappa shape index (κ2) is 3.14. The van der Waals surface area contributed by atoms with E-state index in [2.05, 4.69) is 0 Å². The molecular formula is C9H9O4-. The maximum atomic E-state index is 11.0. The quantitative estimate of drug-likeness (QED) is 0.580. The lowest BCUT2D eigenvalue weighted by atomic mass is 9.81. The molecule has 0 radical (unpaired) electrons. The molecule has 0 aromatic carbocycles. The molecule has 0 spiro atoms. The van der Waals surface area contributed by atoms with Gasteiger partial charge in [0.05, 0.1) is 11.9 Å². The highest BCUT2D eigenvalue weighted by molar-refractivity contribution is 5.93. The molecular weight excluding hydrogens is 172 g/mol. The standard InChI is InChI=1S/C9H10O4/c1-6(10)9(13)5-3-2-4-7(9)8(11)12/h2-5,7,13H,1H3,(H,11,12)/p-1. The van der Waals surface area contributed by atoms with Crippen LogP contribution in [0.2, 0.25) is 0 Å². The van der Waals surface area contributed by atoms with Crippen molar-refractivity contribution in [3.05, 3.63) is 24.3 Å². The Balaban J connectivity index is 3.07. The summed E-state index contributed by atoms with van der Waals surface area (Å²) in [6, 6.07) is 0. The molecule has 4 heteroatoms. The predicted molar refractivity (Wildman–Crippen MR) is 42.4 cm³/mol. The number of hydrogen-bond donors (Lipinski definition) is 1. The fraction of sp³-hybridized carbons (Fsp3) is 0.333. The van der Waals surface area contributed by atoms with E-state index >= 15 is 0 Å². The van der Waals surface area contributed by atoms with Crippen LogP contribution in [0, 0.1) is 5.92 Å². The van der Waals surface area contributed by atoms with Gasteiger partial charge in [-0.25, -0.2) is 0 Å². The van der Waals surface area contributed by atoms with Gasteiger partial charge in [0.25, 0.3) is 0 Å². The first-order valence-electron chi connectivity index (χ1n) is 3.79. The maximum absolute atomic E-state index is 11.0. The van der Waals surface area contributed by atoms with Gasteiger partial charge in [-0.05, 0) is 13.0 Å². The molecule has 1 aliphatic carbocycles. The Morgan fingerprint density at radius 3 is 2.46 bits per heavy atom. The molecule has 0 saturated heterocycles. The number of hydrogen-bond acceptors (Lipinski definition) is 4. The fourth-order valence-corrected chi connectivity index (χ4v) is 1.22. The van der Waals surface area contributed by atoms with Gasteiger partial charge in [0.2, 0.25) is 0 Å². The predicted octanol–water partition coefficient (Wildman–Crippen LogP) is -1.20. The monoisotopic (exact) mass is 181 g/mol. The van der Waals surface area contributed by atoms with Crippen molar-refractivity contribution in [1.29, 1.82) is 0 Å². The van der Waals surface area contributed by atoms with Gasteiger partial charge in [-0.1, -0.05) is 18.2 Å². The molecule has 0 aliphatic heterocycles. The smallest absolute Gasteiger partial charge is 0.166 e. The lowest BCUT2D eigenvalue weighted by Gasteiger charge is -2.31. The van der Waals surface area contributed by atoms with Gasteiger partial charge in [0, 0.05) is 0 Å². The Morgan fingerprint density at radius 2 is 2.08 bits per heavy atom. The molecule has 0 aromatic rings. The number of aliphatic hydroxyl groups is 1. The van der Waals surface area contributed by atoms with E-state index in [9.17, 15) is 19.8 Å². The molecule has 0 heterocycles. The molecule has 0 saturated carbocycles. The summed E-state index contributed by atoms with van der Waals surface area (Å²) in [5.74, 6) is -3.37. The van der Waals surface area contributed by atoms with Crippen LogP contribution in [0.15, 0.2) is 24.3 Å². The number of ketones is 1. The Bertz CT molecular complexity index is 303. The third-order valence-electron chi connectivity index (χ3n) is 2.06. The second-order valence-electron chi connectivity index (χ2n) is 2.92. The molecule has 2 atom stereocenters. The number of carbonyl (C=O) groups is 2. The second-order valence-corrected chi connectivity index (χ2v) is 2.92. The summed E-state index contributed by atoms with van der Waals surface area (Å²) in [7, 11) is 0. The largest absolute Gasteiger partial charge is 0.549 e. The molecule has 0 fully saturated rings. The van der Waals surface area contributed by atoms with Gasteiger partial charge in [0.15, 0.2) is 11.4 Å². The van der Waals surface area contributed by atoms with Crippen molar-refractivity contribution in [2.75, 3.05) is 0 Å². The van der Waals surface area contributed by atoms with Gasteiger partial charge in [0.1, 0.15) is 0 Å². The van der Waals surface area contributed by atoms with E-state index in [-0.39, 0.29) is 0 Å². The SMILES string of the molecule is CC(=O)C1(O)C=CC=CC1C(=O)[O-]. The van der Waals surface area contributed by atoms with Crippen molar-refractivity contribution < 1.29 is 19.8 Å². The zero-order valence-electron chi connectivity index (χ0n) is 7.06. The maximum Gasteiger partial charge on any atom is 0.166 e. The van der Waals surface area contributed by atoms with Gasteiger partial charge >= 0.3 is 0 Å². The lowest BCUT2D eigenvalue weighted by Crippen LogP contribution is -2.50. The van der Waals surface area contributed by atoms with Crippen molar-refractivity contribution in [3.63, 3.8) is 0 Å². The summed E-state index contributed by atoms with van der Waals surface area (Å²) >= 11 is 0. The van der Waals surface area contributed by atoms with Crippen molar-refractivity contribution in [1.82, 2.24) is 0 Å². The summed E-state index contributed by atoms with van der Waals surface area (Å²) < 4.78 is 0.